The number of esters is 1. The molecule has 6 nitrogen and oxygen atoms in total. The maximum atomic E-state index is 12.6. The Morgan fingerprint density at radius 2 is 2.08 bits per heavy atom. The Morgan fingerprint density at radius 3 is 2.77 bits per heavy atom. The fraction of sp³-hybridized carbons (Fsp3) is 0.211. The molecule has 1 atom stereocenters. The molecule has 0 radical (unpaired) electrons. The number of carbonyl (C=O) groups excluding carboxylic acids is 1. The summed E-state index contributed by atoms with van der Waals surface area (Å²) >= 11 is 1.48. The van der Waals surface area contributed by atoms with Crippen molar-refractivity contribution in [2.24, 2.45) is 10.1 Å². The van der Waals surface area contributed by atoms with Crippen molar-refractivity contribution in [1.29, 1.82) is 0 Å². The molecule has 1 unspecified atom stereocenters. The molecular weight excluding hydrogens is 350 g/mol. The normalized spacial score (nSPS) is 19.2. The molecule has 132 valence electrons. The van der Waals surface area contributed by atoms with Gasteiger partial charge >= 0.3 is 5.97 Å². The van der Waals surface area contributed by atoms with Crippen molar-refractivity contribution in [3.8, 4) is 0 Å². The van der Waals surface area contributed by atoms with Gasteiger partial charge in [0.25, 0.3) is 0 Å². The van der Waals surface area contributed by atoms with Crippen LogP contribution < -0.4 is 0 Å². The van der Waals surface area contributed by atoms with Crippen LogP contribution in [0.25, 0.3) is 0 Å². The molecule has 2 aliphatic rings. The number of fused-ring (bicyclic) bond motifs is 1. The summed E-state index contributed by atoms with van der Waals surface area (Å²) in [5.74, 6) is 0.223. The van der Waals surface area contributed by atoms with Crippen molar-refractivity contribution in [1.82, 2.24) is 5.01 Å². The van der Waals surface area contributed by atoms with E-state index in [1.807, 2.05) is 43.3 Å². The minimum atomic E-state index is -0.495. The highest BCUT2D eigenvalue weighted by Gasteiger charge is 2.42. The van der Waals surface area contributed by atoms with E-state index >= 15 is 0 Å². The van der Waals surface area contributed by atoms with E-state index in [9.17, 15) is 4.79 Å². The van der Waals surface area contributed by atoms with E-state index in [0.29, 0.717) is 23.6 Å². The lowest BCUT2D eigenvalue weighted by Crippen LogP contribution is -2.33. The first-order valence-corrected chi connectivity index (χ1v) is 9.11. The number of hydrazone groups is 1. The molecule has 26 heavy (non-hydrogen) atoms. The largest absolute Gasteiger partial charge is 0.467 e. The van der Waals surface area contributed by atoms with E-state index < -0.39 is 12.0 Å². The Kier molecular flexibility index (Phi) is 4.38. The molecule has 0 amide bonds. The summed E-state index contributed by atoms with van der Waals surface area (Å²) in [5.41, 5.74) is 2.07. The van der Waals surface area contributed by atoms with E-state index in [4.69, 9.17) is 14.3 Å². The van der Waals surface area contributed by atoms with Crippen LogP contribution in [0.2, 0.25) is 0 Å². The molecule has 2 aliphatic heterocycles. The molecule has 1 aromatic heterocycles. The minimum Gasteiger partial charge on any atom is -0.467 e. The topological polar surface area (TPSA) is 67.4 Å². The lowest BCUT2D eigenvalue weighted by Gasteiger charge is -2.29. The highest BCUT2D eigenvalue weighted by Crippen LogP contribution is 2.42. The van der Waals surface area contributed by atoms with Crippen LogP contribution in [-0.4, -0.2) is 27.8 Å². The summed E-state index contributed by atoms with van der Waals surface area (Å²) in [5, 5.41) is 8.02. The lowest BCUT2D eigenvalue weighted by molar-refractivity contribution is -0.139. The lowest BCUT2D eigenvalue weighted by atomic mass is 10.0. The highest BCUT2D eigenvalue weighted by atomic mass is 32.2. The van der Waals surface area contributed by atoms with Gasteiger partial charge in [0.05, 0.1) is 24.1 Å². The number of ether oxygens (including phenoxy) is 1. The Bertz CT molecular complexity index is 917. The van der Waals surface area contributed by atoms with E-state index in [1.54, 1.807) is 24.3 Å². The average Bonchev–Trinajstić information content (AvgIpc) is 3.31. The number of rotatable bonds is 4. The van der Waals surface area contributed by atoms with Crippen LogP contribution in [0.1, 0.15) is 31.2 Å². The van der Waals surface area contributed by atoms with Crippen molar-refractivity contribution >= 4 is 27.9 Å². The number of thioether (sulfide) groups is 1. The first kappa shape index (κ1) is 16.7. The third-order valence-electron chi connectivity index (χ3n) is 4.08. The Morgan fingerprint density at radius 1 is 1.27 bits per heavy atom. The van der Waals surface area contributed by atoms with Gasteiger partial charge in [0, 0.05) is 5.56 Å². The number of hydrogen-bond donors (Lipinski definition) is 0. The van der Waals surface area contributed by atoms with Crippen LogP contribution >= 0.6 is 11.8 Å². The number of nitrogens with zero attached hydrogens (tertiary/aromatic N) is 3. The average molecular weight is 367 g/mol. The fourth-order valence-corrected chi connectivity index (χ4v) is 3.91. The molecule has 1 aromatic carbocycles. The first-order chi connectivity index (χ1) is 12.7. The van der Waals surface area contributed by atoms with Crippen LogP contribution in [-0.2, 0) is 9.53 Å². The monoisotopic (exact) mass is 367 g/mol. The predicted octanol–water partition coefficient (Wildman–Crippen LogP) is 3.94. The second-order valence-corrected chi connectivity index (χ2v) is 6.71. The number of allylic oxidation sites excluding steroid dienone is 1. The number of amidine groups is 1. The van der Waals surface area contributed by atoms with Crippen molar-refractivity contribution < 1.29 is 13.9 Å². The maximum absolute atomic E-state index is 12.6. The molecule has 0 saturated heterocycles. The second kappa shape index (κ2) is 6.84. The molecular formula is C19H17N3O3S. The van der Waals surface area contributed by atoms with Gasteiger partial charge in [-0.15, -0.1) is 0 Å². The summed E-state index contributed by atoms with van der Waals surface area (Å²) < 4.78 is 10.9. The summed E-state index contributed by atoms with van der Waals surface area (Å²) in [6.45, 7) is 3.89. The zero-order valence-electron chi connectivity index (χ0n) is 14.4. The molecule has 4 rings (SSSR count). The van der Waals surface area contributed by atoms with E-state index in [0.717, 1.165) is 15.8 Å². The van der Waals surface area contributed by atoms with Crippen molar-refractivity contribution in [2.75, 3.05) is 6.61 Å². The van der Waals surface area contributed by atoms with Crippen LogP contribution in [0.3, 0.4) is 0 Å². The van der Waals surface area contributed by atoms with E-state index in [2.05, 4.69) is 4.99 Å². The number of carbonyl (C=O) groups is 1. The van der Waals surface area contributed by atoms with Gasteiger partial charge in [-0.1, -0.05) is 30.3 Å². The van der Waals surface area contributed by atoms with Gasteiger partial charge in [-0.05, 0) is 37.7 Å². The fourth-order valence-electron chi connectivity index (χ4n) is 2.94. The number of hydrogen-bond acceptors (Lipinski definition) is 7. The van der Waals surface area contributed by atoms with Crippen molar-refractivity contribution in [3.05, 3.63) is 71.3 Å². The summed E-state index contributed by atoms with van der Waals surface area (Å²) in [7, 11) is 0. The van der Waals surface area contributed by atoms with Gasteiger partial charge in [-0.25, -0.2) is 14.8 Å². The van der Waals surface area contributed by atoms with Gasteiger partial charge in [-0.3, -0.25) is 0 Å². The zero-order chi connectivity index (χ0) is 18.1. The predicted molar refractivity (Wildman–Crippen MR) is 101 cm³/mol. The van der Waals surface area contributed by atoms with Crippen LogP contribution in [0.4, 0.5) is 0 Å². The molecule has 7 heteroatoms. The summed E-state index contributed by atoms with van der Waals surface area (Å²) in [4.78, 5) is 17.2. The first-order valence-electron chi connectivity index (χ1n) is 8.30. The van der Waals surface area contributed by atoms with Crippen LogP contribution in [0.5, 0.6) is 0 Å². The number of aliphatic imine (C=N–C) groups is 1. The molecule has 0 fully saturated rings. The Labute approximate surface area is 155 Å². The second-order valence-electron chi connectivity index (χ2n) is 5.75. The molecule has 0 bridgehead atoms. The maximum Gasteiger partial charge on any atom is 0.338 e. The van der Waals surface area contributed by atoms with Crippen molar-refractivity contribution in [2.45, 2.75) is 19.9 Å². The van der Waals surface area contributed by atoms with Gasteiger partial charge in [-0.2, -0.15) is 5.10 Å². The summed E-state index contributed by atoms with van der Waals surface area (Å²) in [6, 6.07) is 13.0. The smallest absolute Gasteiger partial charge is 0.338 e. The molecule has 0 saturated carbocycles. The van der Waals surface area contributed by atoms with Gasteiger partial charge < -0.3 is 9.15 Å². The molecule has 3 heterocycles. The molecule has 0 N–H and O–H groups in total. The Balaban J connectivity index is 1.79. The van der Waals surface area contributed by atoms with Crippen molar-refractivity contribution in [3.63, 3.8) is 0 Å². The molecule has 0 aliphatic carbocycles. The minimum absolute atomic E-state index is 0.296. The number of furan rings is 1. The van der Waals surface area contributed by atoms with E-state index in [1.165, 1.54) is 11.8 Å². The summed E-state index contributed by atoms with van der Waals surface area (Å²) in [6.07, 6.45) is 1.59. The van der Waals surface area contributed by atoms with E-state index in [-0.39, 0.29) is 0 Å². The third-order valence-corrected chi connectivity index (χ3v) is 5.05. The zero-order valence-corrected chi connectivity index (χ0v) is 15.2. The van der Waals surface area contributed by atoms with Crippen LogP contribution in [0, 0.1) is 0 Å². The third kappa shape index (κ3) is 2.84. The van der Waals surface area contributed by atoms with Gasteiger partial charge in [0.15, 0.2) is 5.17 Å². The standard InChI is InChI=1S/C19H17N3O3S/c1-3-24-18(23)15-12(2)20-19-22(16(15)14-10-7-11-25-14)21-17(26-19)13-8-5-4-6-9-13/h4-11,16H,3H2,1-2H3. The van der Waals surface area contributed by atoms with Crippen LogP contribution in [0.15, 0.2) is 74.5 Å². The van der Waals surface area contributed by atoms with Gasteiger partial charge in [0.1, 0.15) is 16.8 Å². The number of benzene rings is 1. The quantitative estimate of drug-likeness (QED) is 0.766. The molecule has 0 spiro atoms. The molecule has 2 aromatic rings. The van der Waals surface area contributed by atoms with Gasteiger partial charge in [0.2, 0.25) is 0 Å². The SMILES string of the molecule is CCOC(=O)C1=C(C)N=C2SC(c3ccccc3)=NN2C1c1ccco1. The Hall–Kier alpha value is -2.80. The highest BCUT2D eigenvalue weighted by molar-refractivity contribution is 8.27.